The first kappa shape index (κ1) is 17.1. The summed E-state index contributed by atoms with van der Waals surface area (Å²) < 4.78 is 10.2. The lowest BCUT2D eigenvalue weighted by Gasteiger charge is -2.10. The second-order valence-corrected chi connectivity index (χ2v) is 5.10. The molecule has 0 aliphatic rings. The van der Waals surface area contributed by atoms with E-state index in [0.717, 1.165) is 0 Å². The Morgan fingerprint density at radius 1 is 1.00 bits per heavy atom. The maximum absolute atomic E-state index is 12.2. The molecule has 0 heterocycles. The Morgan fingerprint density at radius 2 is 1.65 bits per heavy atom. The molecule has 0 aliphatic heterocycles. The summed E-state index contributed by atoms with van der Waals surface area (Å²) in [5.74, 6) is -0.533. The zero-order valence-electron chi connectivity index (χ0n) is 12.4. The minimum Gasteiger partial charge on any atom is -0.494 e. The molecule has 2 aromatic carbocycles. The predicted molar refractivity (Wildman–Crippen MR) is 88.4 cm³/mol. The molecular weight excluding hydrogens is 341 g/mol. The summed E-state index contributed by atoms with van der Waals surface area (Å²) in [5.41, 5.74) is 0.654. The van der Waals surface area contributed by atoms with Crippen molar-refractivity contribution >= 4 is 35.1 Å². The van der Waals surface area contributed by atoms with Crippen molar-refractivity contribution in [2.75, 3.05) is 14.2 Å². The van der Waals surface area contributed by atoms with Gasteiger partial charge in [-0.25, -0.2) is 4.79 Å². The van der Waals surface area contributed by atoms with Crippen LogP contribution >= 0.6 is 23.2 Å². The van der Waals surface area contributed by atoms with E-state index in [9.17, 15) is 4.79 Å². The number of oxime groups is 1. The third kappa shape index (κ3) is 3.94. The fraction of sp³-hybridized carbons (Fsp3) is 0.125. The fourth-order valence-corrected chi connectivity index (χ4v) is 2.30. The average molecular weight is 354 g/mol. The maximum Gasteiger partial charge on any atom is 0.371 e. The second-order valence-electron chi connectivity index (χ2n) is 4.28. The monoisotopic (exact) mass is 353 g/mol. The van der Waals surface area contributed by atoms with Crippen molar-refractivity contribution in [1.82, 2.24) is 0 Å². The number of hydrogen-bond donors (Lipinski definition) is 0. The van der Waals surface area contributed by atoms with E-state index in [1.807, 2.05) is 18.2 Å². The number of methoxy groups -OCH3 is 2. The average Bonchev–Trinajstić information content (AvgIpc) is 2.58. The minimum absolute atomic E-state index is 0.00562. The topological polar surface area (TPSA) is 57.1 Å². The van der Waals surface area contributed by atoms with Gasteiger partial charge in [-0.1, -0.05) is 41.4 Å². The molecule has 0 amide bonds. The van der Waals surface area contributed by atoms with E-state index in [1.54, 1.807) is 12.1 Å². The van der Waals surface area contributed by atoms with E-state index >= 15 is 0 Å². The first-order chi connectivity index (χ1) is 11.1. The summed E-state index contributed by atoms with van der Waals surface area (Å²) >= 11 is 12.0. The fourth-order valence-electron chi connectivity index (χ4n) is 1.84. The largest absolute Gasteiger partial charge is 0.494 e. The number of carbonyl (C=O) groups excluding carboxylic acids is 1. The van der Waals surface area contributed by atoms with Crippen LogP contribution < -0.4 is 4.74 Å². The lowest BCUT2D eigenvalue weighted by molar-refractivity contribution is 0.0501. The lowest BCUT2D eigenvalue weighted by atomic mass is 10.2. The Balaban J connectivity index is 2.29. The van der Waals surface area contributed by atoms with Gasteiger partial charge in [0.1, 0.15) is 5.56 Å². The van der Waals surface area contributed by atoms with Gasteiger partial charge in [0.25, 0.3) is 5.90 Å². The Morgan fingerprint density at radius 3 is 2.26 bits per heavy atom. The maximum atomic E-state index is 12.2. The summed E-state index contributed by atoms with van der Waals surface area (Å²) in [6.45, 7) is 0. The summed E-state index contributed by atoms with van der Waals surface area (Å²) in [6.07, 6.45) is 0. The Bertz CT molecular complexity index is 732. The molecule has 0 saturated heterocycles. The van der Waals surface area contributed by atoms with Crippen LogP contribution in [0.1, 0.15) is 15.9 Å². The molecule has 2 aromatic rings. The van der Waals surface area contributed by atoms with Crippen LogP contribution in [0.2, 0.25) is 10.0 Å². The van der Waals surface area contributed by atoms with Crippen molar-refractivity contribution in [1.29, 1.82) is 0 Å². The predicted octanol–water partition coefficient (Wildman–Crippen LogP) is 4.17. The van der Waals surface area contributed by atoms with E-state index in [2.05, 4.69) is 5.16 Å². The number of halogens is 2. The molecule has 23 heavy (non-hydrogen) atoms. The molecule has 0 unspecified atom stereocenters. The Kier molecular flexibility index (Phi) is 5.84. The van der Waals surface area contributed by atoms with E-state index < -0.39 is 5.97 Å². The van der Waals surface area contributed by atoms with Crippen molar-refractivity contribution in [2.24, 2.45) is 5.16 Å². The highest BCUT2D eigenvalue weighted by Crippen LogP contribution is 2.34. The third-order valence-electron chi connectivity index (χ3n) is 2.89. The van der Waals surface area contributed by atoms with E-state index in [0.29, 0.717) is 5.56 Å². The first-order valence-corrected chi connectivity index (χ1v) is 7.24. The molecule has 5 nitrogen and oxygen atoms in total. The van der Waals surface area contributed by atoms with E-state index in [1.165, 1.54) is 26.4 Å². The van der Waals surface area contributed by atoms with Gasteiger partial charge in [0, 0.05) is 5.56 Å². The lowest BCUT2D eigenvalue weighted by Crippen LogP contribution is -2.09. The van der Waals surface area contributed by atoms with Gasteiger partial charge in [-0.2, -0.15) is 0 Å². The van der Waals surface area contributed by atoms with E-state index in [-0.39, 0.29) is 27.3 Å². The highest BCUT2D eigenvalue weighted by atomic mass is 35.5. The van der Waals surface area contributed by atoms with Crippen LogP contribution in [0.4, 0.5) is 0 Å². The van der Waals surface area contributed by atoms with Crippen LogP contribution in [-0.4, -0.2) is 26.1 Å². The smallest absolute Gasteiger partial charge is 0.371 e. The number of rotatable bonds is 4. The molecule has 0 fully saturated rings. The van der Waals surface area contributed by atoms with Gasteiger partial charge in [-0.15, -0.1) is 0 Å². The van der Waals surface area contributed by atoms with Crippen LogP contribution in [0.3, 0.4) is 0 Å². The first-order valence-electron chi connectivity index (χ1n) is 6.49. The van der Waals surface area contributed by atoms with Crippen LogP contribution in [0, 0.1) is 0 Å². The minimum atomic E-state index is -0.806. The number of benzene rings is 2. The molecule has 0 N–H and O–H groups in total. The molecule has 0 saturated carbocycles. The van der Waals surface area contributed by atoms with E-state index in [4.69, 9.17) is 37.5 Å². The van der Waals surface area contributed by atoms with Gasteiger partial charge in [0.2, 0.25) is 0 Å². The molecule has 120 valence electrons. The second kappa shape index (κ2) is 7.85. The summed E-state index contributed by atoms with van der Waals surface area (Å²) in [7, 11) is 2.80. The summed E-state index contributed by atoms with van der Waals surface area (Å²) in [6, 6.07) is 12.0. The van der Waals surface area contributed by atoms with Crippen molar-refractivity contribution < 1.29 is 19.1 Å². The van der Waals surface area contributed by atoms with Gasteiger partial charge in [0.15, 0.2) is 5.75 Å². The normalized spacial score (nSPS) is 11.0. The van der Waals surface area contributed by atoms with Gasteiger partial charge in [-0.05, 0) is 29.4 Å². The molecule has 0 spiro atoms. The van der Waals surface area contributed by atoms with Gasteiger partial charge in [-0.3, -0.25) is 0 Å². The zero-order chi connectivity index (χ0) is 16.8. The van der Waals surface area contributed by atoms with Crippen LogP contribution in [0.25, 0.3) is 0 Å². The van der Waals surface area contributed by atoms with Gasteiger partial charge in [0.05, 0.1) is 24.3 Å². The van der Waals surface area contributed by atoms with Crippen molar-refractivity contribution in [3.05, 3.63) is 63.6 Å². The van der Waals surface area contributed by atoms with Crippen molar-refractivity contribution in [3.63, 3.8) is 0 Å². The number of ether oxygens (including phenoxy) is 2. The van der Waals surface area contributed by atoms with Crippen LogP contribution in [0.5, 0.6) is 5.75 Å². The molecular formula is C16H13Cl2NO4. The van der Waals surface area contributed by atoms with Crippen molar-refractivity contribution in [2.45, 2.75) is 0 Å². The Hall–Kier alpha value is -2.24. The SMILES string of the molecule is CO/C(=N\OC(=O)c1c(Cl)ccc(Cl)c1OC)c1ccccc1. The standard InChI is InChI=1S/C16H13Cl2NO4/c1-21-14-12(18)9-8-11(17)13(14)16(20)23-19-15(22-2)10-6-4-3-5-7-10/h3-9H,1-2H3/b19-15-. The molecule has 0 aliphatic carbocycles. The third-order valence-corrected chi connectivity index (χ3v) is 3.51. The van der Waals surface area contributed by atoms with Gasteiger partial charge < -0.3 is 14.3 Å². The summed E-state index contributed by atoms with van der Waals surface area (Å²) in [5, 5.41) is 4.10. The molecule has 7 heteroatoms. The van der Waals surface area contributed by atoms with Gasteiger partial charge >= 0.3 is 5.97 Å². The zero-order valence-corrected chi connectivity index (χ0v) is 13.9. The number of nitrogens with zero attached hydrogens (tertiary/aromatic N) is 1. The molecule has 0 atom stereocenters. The summed E-state index contributed by atoms with van der Waals surface area (Å²) in [4.78, 5) is 17.2. The Labute approximate surface area is 143 Å². The number of carbonyl (C=O) groups is 1. The van der Waals surface area contributed by atoms with Crippen LogP contribution in [-0.2, 0) is 9.57 Å². The molecule has 2 rings (SSSR count). The molecule has 0 bridgehead atoms. The van der Waals surface area contributed by atoms with Crippen molar-refractivity contribution in [3.8, 4) is 5.75 Å². The highest BCUT2D eigenvalue weighted by molar-refractivity contribution is 6.37. The number of hydrogen-bond acceptors (Lipinski definition) is 5. The van der Waals surface area contributed by atoms with Crippen LogP contribution in [0.15, 0.2) is 47.6 Å². The highest BCUT2D eigenvalue weighted by Gasteiger charge is 2.21. The molecule has 0 radical (unpaired) electrons. The quantitative estimate of drug-likeness (QED) is 0.358. The molecule has 0 aromatic heterocycles.